The van der Waals surface area contributed by atoms with Gasteiger partial charge in [0.15, 0.2) is 0 Å². The number of halogens is 1. The van der Waals surface area contributed by atoms with Gasteiger partial charge in [0.1, 0.15) is 0 Å². The molecule has 2 nitrogen and oxygen atoms in total. The number of rotatable bonds is 2. The van der Waals surface area contributed by atoms with Gasteiger partial charge in [-0.15, -0.1) is 11.3 Å². The van der Waals surface area contributed by atoms with E-state index in [0.29, 0.717) is 12.1 Å². The molecule has 2 atom stereocenters. The zero-order valence-electron chi connectivity index (χ0n) is 9.87. The molecule has 0 amide bonds. The van der Waals surface area contributed by atoms with E-state index in [1.54, 1.807) is 11.3 Å². The fourth-order valence-electron chi connectivity index (χ4n) is 2.22. The van der Waals surface area contributed by atoms with Gasteiger partial charge in [-0.25, -0.2) is 0 Å². The molecule has 0 saturated carbocycles. The van der Waals surface area contributed by atoms with Gasteiger partial charge in [-0.1, -0.05) is 11.6 Å². The Labute approximate surface area is 107 Å². The fraction of sp³-hybridized carbons (Fsp3) is 0.667. The van der Waals surface area contributed by atoms with Crippen LogP contribution in [0.15, 0.2) is 12.1 Å². The number of hydrogen-bond acceptors (Lipinski definition) is 3. The van der Waals surface area contributed by atoms with Crippen LogP contribution in [0.5, 0.6) is 0 Å². The normalized spacial score (nSPS) is 25.3. The van der Waals surface area contributed by atoms with Gasteiger partial charge in [-0.3, -0.25) is 4.90 Å². The first-order chi connectivity index (χ1) is 7.66. The summed E-state index contributed by atoms with van der Waals surface area (Å²) in [5.41, 5.74) is 0. The highest BCUT2D eigenvalue weighted by Crippen LogP contribution is 2.30. The lowest BCUT2D eigenvalue weighted by molar-refractivity contribution is 0.213. The van der Waals surface area contributed by atoms with Crippen molar-refractivity contribution in [3.05, 3.63) is 21.3 Å². The van der Waals surface area contributed by atoms with E-state index in [0.717, 1.165) is 17.4 Å². The molecule has 1 aliphatic rings. The summed E-state index contributed by atoms with van der Waals surface area (Å²) < 4.78 is 0.892. The molecule has 1 saturated heterocycles. The van der Waals surface area contributed by atoms with Crippen LogP contribution in [0, 0.1) is 0 Å². The van der Waals surface area contributed by atoms with E-state index in [4.69, 9.17) is 11.6 Å². The minimum atomic E-state index is 0.486. The summed E-state index contributed by atoms with van der Waals surface area (Å²) in [7, 11) is 0. The van der Waals surface area contributed by atoms with E-state index in [1.807, 2.05) is 6.07 Å². The standard InChI is InChI=1S/C12H19ClN2S/c1-9-8-15(7-3-6-14-9)10(2)11-4-5-12(13)16-11/h4-5,9-10,14H,3,6-8H2,1-2H3. The minimum Gasteiger partial charge on any atom is -0.313 e. The Morgan fingerprint density at radius 2 is 2.38 bits per heavy atom. The lowest BCUT2D eigenvalue weighted by Crippen LogP contribution is -2.36. The fourth-order valence-corrected chi connectivity index (χ4v) is 3.37. The molecule has 2 unspecified atom stereocenters. The zero-order chi connectivity index (χ0) is 11.5. The minimum absolute atomic E-state index is 0.486. The van der Waals surface area contributed by atoms with Crippen LogP contribution in [0.25, 0.3) is 0 Å². The maximum Gasteiger partial charge on any atom is 0.0931 e. The van der Waals surface area contributed by atoms with E-state index in [9.17, 15) is 0 Å². The number of nitrogens with zero attached hydrogens (tertiary/aromatic N) is 1. The molecule has 1 aliphatic heterocycles. The lowest BCUT2D eigenvalue weighted by atomic mass is 10.2. The first kappa shape index (κ1) is 12.4. The first-order valence-corrected chi connectivity index (χ1v) is 7.09. The third-order valence-electron chi connectivity index (χ3n) is 3.18. The van der Waals surface area contributed by atoms with Crippen molar-refractivity contribution in [2.45, 2.75) is 32.4 Å². The molecule has 0 aromatic carbocycles. The Bertz CT molecular complexity index is 340. The summed E-state index contributed by atoms with van der Waals surface area (Å²) in [5, 5.41) is 3.52. The third-order valence-corrected chi connectivity index (χ3v) is 4.58. The van der Waals surface area contributed by atoms with Gasteiger partial charge in [0.25, 0.3) is 0 Å². The molecule has 2 heterocycles. The van der Waals surface area contributed by atoms with Gasteiger partial charge in [0.05, 0.1) is 4.34 Å². The van der Waals surface area contributed by atoms with Crippen LogP contribution in [-0.4, -0.2) is 30.6 Å². The van der Waals surface area contributed by atoms with Crippen molar-refractivity contribution in [3.8, 4) is 0 Å². The molecule has 0 bridgehead atoms. The second kappa shape index (κ2) is 5.50. The summed E-state index contributed by atoms with van der Waals surface area (Å²) in [6.07, 6.45) is 1.23. The third kappa shape index (κ3) is 2.98. The monoisotopic (exact) mass is 258 g/mol. The van der Waals surface area contributed by atoms with Crippen LogP contribution in [0.1, 0.15) is 31.2 Å². The average Bonchev–Trinajstić information content (AvgIpc) is 2.56. The second-order valence-electron chi connectivity index (χ2n) is 4.52. The second-order valence-corrected chi connectivity index (χ2v) is 6.27. The molecule has 1 fully saturated rings. The highest BCUT2D eigenvalue weighted by atomic mass is 35.5. The predicted molar refractivity (Wildman–Crippen MR) is 71.4 cm³/mol. The molecule has 0 radical (unpaired) electrons. The largest absolute Gasteiger partial charge is 0.313 e. The summed E-state index contributed by atoms with van der Waals surface area (Å²) in [6, 6.07) is 5.22. The molecule has 1 aromatic heterocycles. The van der Waals surface area contributed by atoms with Crippen LogP contribution >= 0.6 is 22.9 Å². The molecule has 4 heteroatoms. The molecule has 1 N–H and O–H groups in total. The van der Waals surface area contributed by atoms with E-state index in [-0.39, 0.29) is 0 Å². The van der Waals surface area contributed by atoms with Crippen LogP contribution in [0.4, 0.5) is 0 Å². The van der Waals surface area contributed by atoms with Crippen molar-refractivity contribution in [2.75, 3.05) is 19.6 Å². The Morgan fingerprint density at radius 3 is 3.06 bits per heavy atom. The number of nitrogens with one attached hydrogen (secondary N) is 1. The van der Waals surface area contributed by atoms with Gasteiger partial charge in [0.2, 0.25) is 0 Å². The highest BCUT2D eigenvalue weighted by molar-refractivity contribution is 7.16. The first-order valence-electron chi connectivity index (χ1n) is 5.89. The number of thiophene rings is 1. The molecule has 2 rings (SSSR count). The molecule has 1 aromatic rings. The van der Waals surface area contributed by atoms with E-state index < -0.39 is 0 Å². The quantitative estimate of drug-likeness (QED) is 0.877. The van der Waals surface area contributed by atoms with Gasteiger partial charge in [0, 0.05) is 30.1 Å². The maximum atomic E-state index is 5.99. The predicted octanol–water partition coefficient (Wildman–Crippen LogP) is 3.15. The summed E-state index contributed by atoms with van der Waals surface area (Å²) in [4.78, 5) is 3.92. The summed E-state index contributed by atoms with van der Waals surface area (Å²) in [5.74, 6) is 0. The summed E-state index contributed by atoms with van der Waals surface area (Å²) >= 11 is 7.69. The van der Waals surface area contributed by atoms with E-state index in [2.05, 4.69) is 30.1 Å². The van der Waals surface area contributed by atoms with Gasteiger partial charge in [-0.05, 0) is 38.9 Å². The van der Waals surface area contributed by atoms with Gasteiger partial charge in [-0.2, -0.15) is 0 Å². The van der Waals surface area contributed by atoms with Crippen molar-refractivity contribution < 1.29 is 0 Å². The van der Waals surface area contributed by atoms with E-state index in [1.165, 1.54) is 17.8 Å². The van der Waals surface area contributed by atoms with Crippen molar-refractivity contribution in [1.29, 1.82) is 0 Å². The van der Waals surface area contributed by atoms with Crippen molar-refractivity contribution in [1.82, 2.24) is 10.2 Å². The SMILES string of the molecule is CC1CN(C(C)c2ccc(Cl)s2)CCCN1. The van der Waals surface area contributed by atoms with Crippen molar-refractivity contribution >= 4 is 22.9 Å². The van der Waals surface area contributed by atoms with Crippen LogP contribution in [0.2, 0.25) is 4.34 Å². The topological polar surface area (TPSA) is 15.3 Å². The van der Waals surface area contributed by atoms with Crippen LogP contribution < -0.4 is 5.32 Å². The average molecular weight is 259 g/mol. The Morgan fingerprint density at radius 1 is 1.56 bits per heavy atom. The molecule has 0 aliphatic carbocycles. The highest BCUT2D eigenvalue weighted by Gasteiger charge is 2.21. The molecule has 16 heavy (non-hydrogen) atoms. The Hall–Kier alpha value is -0.0900. The van der Waals surface area contributed by atoms with Crippen molar-refractivity contribution in [3.63, 3.8) is 0 Å². The molecule has 90 valence electrons. The molecular formula is C12H19ClN2S. The maximum absolute atomic E-state index is 5.99. The summed E-state index contributed by atoms with van der Waals surface area (Å²) in [6.45, 7) is 7.97. The molecular weight excluding hydrogens is 240 g/mol. The Kier molecular flexibility index (Phi) is 4.25. The van der Waals surface area contributed by atoms with Gasteiger partial charge < -0.3 is 5.32 Å². The van der Waals surface area contributed by atoms with Gasteiger partial charge >= 0.3 is 0 Å². The zero-order valence-corrected chi connectivity index (χ0v) is 11.4. The lowest BCUT2D eigenvalue weighted by Gasteiger charge is -2.28. The smallest absolute Gasteiger partial charge is 0.0931 e. The Balaban J connectivity index is 2.05. The van der Waals surface area contributed by atoms with Crippen LogP contribution in [0.3, 0.4) is 0 Å². The molecule has 0 spiro atoms. The van der Waals surface area contributed by atoms with Crippen molar-refractivity contribution in [2.24, 2.45) is 0 Å². The van der Waals surface area contributed by atoms with Crippen LogP contribution in [-0.2, 0) is 0 Å². The number of hydrogen-bond donors (Lipinski definition) is 1. The van der Waals surface area contributed by atoms with E-state index >= 15 is 0 Å².